The molecule has 0 saturated heterocycles. The highest BCUT2D eigenvalue weighted by molar-refractivity contribution is 5.88. The van der Waals surface area contributed by atoms with Gasteiger partial charge < -0.3 is 10.1 Å². The number of nitrogens with one attached hydrogen (secondary N) is 1. The first-order valence-corrected chi connectivity index (χ1v) is 7.47. The molecule has 0 amide bonds. The molecule has 110 valence electrons. The van der Waals surface area contributed by atoms with Gasteiger partial charge in [0.15, 0.2) is 0 Å². The fraction of sp³-hybridized carbons (Fsp3) is 0.625. The predicted octanol–water partition coefficient (Wildman–Crippen LogP) is 2.93. The second-order valence-electron chi connectivity index (χ2n) is 5.63. The number of hydrogen-bond donors (Lipinski definition) is 1. The summed E-state index contributed by atoms with van der Waals surface area (Å²) in [5, 5.41) is 3.61. The highest BCUT2D eigenvalue weighted by atomic mass is 16.5. The number of pyridine rings is 1. The van der Waals surface area contributed by atoms with Crippen molar-refractivity contribution in [1.82, 2.24) is 10.3 Å². The summed E-state index contributed by atoms with van der Waals surface area (Å²) in [5.74, 6) is 0.390. The topological polar surface area (TPSA) is 51.2 Å². The van der Waals surface area contributed by atoms with E-state index in [0.717, 1.165) is 18.2 Å². The first kappa shape index (κ1) is 15.0. The van der Waals surface area contributed by atoms with Gasteiger partial charge in [-0.05, 0) is 30.9 Å². The molecule has 2 rings (SSSR count). The van der Waals surface area contributed by atoms with Gasteiger partial charge >= 0.3 is 5.97 Å². The maximum Gasteiger partial charge on any atom is 0.339 e. The largest absolute Gasteiger partial charge is 0.465 e. The van der Waals surface area contributed by atoms with Gasteiger partial charge in [0.2, 0.25) is 0 Å². The minimum atomic E-state index is -0.339. The van der Waals surface area contributed by atoms with Gasteiger partial charge in [-0.15, -0.1) is 0 Å². The van der Waals surface area contributed by atoms with E-state index in [4.69, 9.17) is 0 Å². The maximum absolute atomic E-state index is 11.3. The van der Waals surface area contributed by atoms with Gasteiger partial charge in [-0.1, -0.05) is 26.2 Å². The van der Waals surface area contributed by atoms with E-state index in [-0.39, 0.29) is 5.97 Å². The average Bonchev–Trinajstić information content (AvgIpc) is 2.69. The summed E-state index contributed by atoms with van der Waals surface area (Å²) in [5.41, 5.74) is 1.47. The molecule has 2 atom stereocenters. The second kappa shape index (κ2) is 7.39. The fourth-order valence-corrected chi connectivity index (χ4v) is 2.80. The molecule has 0 bridgehead atoms. The molecule has 1 saturated carbocycles. The van der Waals surface area contributed by atoms with Crippen LogP contribution < -0.4 is 5.32 Å². The molecule has 1 fully saturated rings. The molecule has 2 unspecified atom stereocenters. The number of aromatic nitrogens is 1. The molecule has 0 spiro atoms. The summed E-state index contributed by atoms with van der Waals surface area (Å²) in [6.07, 6.45) is 8.17. The zero-order valence-corrected chi connectivity index (χ0v) is 12.4. The van der Waals surface area contributed by atoms with Crippen molar-refractivity contribution in [2.45, 2.75) is 51.6 Å². The van der Waals surface area contributed by atoms with E-state index in [1.807, 2.05) is 6.07 Å². The monoisotopic (exact) mass is 276 g/mol. The van der Waals surface area contributed by atoms with E-state index >= 15 is 0 Å². The third-order valence-electron chi connectivity index (χ3n) is 4.15. The van der Waals surface area contributed by atoms with Crippen LogP contribution in [0.5, 0.6) is 0 Å². The molecule has 1 aliphatic carbocycles. The lowest BCUT2D eigenvalue weighted by Gasteiger charge is -2.22. The normalized spacial score (nSPS) is 23.1. The van der Waals surface area contributed by atoms with Gasteiger partial charge in [-0.2, -0.15) is 0 Å². The van der Waals surface area contributed by atoms with Crippen LogP contribution >= 0.6 is 0 Å². The Morgan fingerprint density at radius 1 is 1.35 bits per heavy atom. The van der Waals surface area contributed by atoms with Crippen LogP contribution in [0.25, 0.3) is 0 Å². The molecule has 0 aliphatic heterocycles. The van der Waals surface area contributed by atoms with Crippen molar-refractivity contribution in [3.05, 3.63) is 29.6 Å². The molecule has 4 nitrogen and oxygen atoms in total. The van der Waals surface area contributed by atoms with E-state index in [9.17, 15) is 4.79 Å². The van der Waals surface area contributed by atoms with Gasteiger partial charge in [0.25, 0.3) is 0 Å². The van der Waals surface area contributed by atoms with Crippen LogP contribution in [-0.2, 0) is 11.3 Å². The van der Waals surface area contributed by atoms with Crippen molar-refractivity contribution in [3.8, 4) is 0 Å². The summed E-state index contributed by atoms with van der Waals surface area (Å²) in [6.45, 7) is 3.09. The SMILES string of the molecule is COC(=O)c1ccc(CNC2CCCCCC2C)nc1. The minimum Gasteiger partial charge on any atom is -0.465 e. The highest BCUT2D eigenvalue weighted by Gasteiger charge is 2.19. The third-order valence-corrected chi connectivity index (χ3v) is 4.15. The smallest absolute Gasteiger partial charge is 0.339 e. The molecule has 0 aromatic carbocycles. The minimum absolute atomic E-state index is 0.339. The van der Waals surface area contributed by atoms with Crippen molar-refractivity contribution in [2.24, 2.45) is 5.92 Å². The number of ether oxygens (including phenoxy) is 1. The summed E-state index contributed by atoms with van der Waals surface area (Å²) >= 11 is 0. The highest BCUT2D eigenvalue weighted by Crippen LogP contribution is 2.23. The zero-order valence-electron chi connectivity index (χ0n) is 12.4. The van der Waals surface area contributed by atoms with Crippen molar-refractivity contribution < 1.29 is 9.53 Å². The van der Waals surface area contributed by atoms with E-state index < -0.39 is 0 Å². The average molecular weight is 276 g/mol. The van der Waals surface area contributed by atoms with Gasteiger partial charge in [-0.25, -0.2) is 4.79 Å². The van der Waals surface area contributed by atoms with E-state index in [2.05, 4.69) is 22.0 Å². The van der Waals surface area contributed by atoms with Crippen LogP contribution in [-0.4, -0.2) is 24.1 Å². The standard InChI is InChI=1S/C16H24N2O2/c1-12-6-4-3-5-7-15(12)18-11-14-9-8-13(10-17-14)16(19)20-2/h8-10,12,15,18H,3-7,11H2,1-2H3. The molecule has 1 aliphatic rings. The molecular formula is C16H24N2O2. The Balaban J connectivity index is 1.88. The van der Waals surface area contributed by atoms with Crippen LogP contribution in [0.2, 0.25) is 0 Å². The van der Waals surface area contributed by atoms with Crippen LogP contribution in [0.3, 0.4) is 0 Å². The number of carbonyl (C=O) groups excluding carboxylic acids is 1. The van der Waals surface area contributed by atoms with Crippen molar-refractivity contribution in [3.63, 3.8) is 0 Å². The molecule has 4 heteroatoms. The Morgan fingerprint density at radius 3 is 2.85 bits per heavy atom. The third kappa shape index (κ3) is 4.04. The number of hydrogen-bond acceptors (Lipinski definition) is 4. The van der Waals surface area contributed by atoms with Crippen LogP contribution in [0.15, 0.2) is 18.3 Å². The summed E-state index contributed by atoms with van der Waals surface area (Å²) in [7, 11) is 1.38. The van der Waals surface area contributed by atoms with E-state index in [1.165, 1.54) is 39.2 Å². The first-order valence-electron chi connectivity index (χ1n) is 7.47. The quantitative estimate of drug-likeness (QED) is 0.678. The van der Waals surface area contributed by atoms with E-state index in [1.54, 1.807) is 12.3 Å². The molecular weight excluding hydrogens is 252 g/mol. The lowest BCUT2D eigenvalue weighted by Crippen LogP contribution is -2.34. The lowest BCUT2D eigenvalue weighted by atomic mass is 9.97. The fourth-order valence-electron chi connectivity index (χ4n) is 2.80. The van der Waals surface area contributed by atoms with E-state index in [0.29, 0.717) is 11.6 Å². The molecule has 1 heterocycles. The summed E-state index contributed by atoms with van der Waals surface area (Å²) in [6, 6.07) is 4.24. The van der Waals surface area contributed by atoms with Crippen molar-refractivity contribution in [1.29, 1.82) is 0 Å². The Kier molecular flexibility index (Phi) is 5.53. The molecule has 0 radical (unpaired) electrons. The Labute approximate surface area is 120 Å². The number of carbonyl (C=O) groups is 1. The molecule has 1 aromatic heterocycles. The van der Waals surface area contributed by atoms with Gasteiger partial charge in [0.1, 0.15) is 0 Å². The summed E-state index contributed by atoms with van der Waals surface area (Å²) in [4.78, 5) is 15.7. The Hall–Kier alpha value is -1.42. The van der Waals surface area contributed by atoms with Crippen molar-refractivity contribution >= 4 is 5.97 Å². The van der Waals surface area contributed by atoms with Crippen LogP contribution in [0, 0.1) is 5.92 Å². The Morgan fingerprint density at radius 2 is 2.15 bits per heavy atom. The molecule has 20 heavy (non-hydrogen) atoms. The van der Waals surface area contributed by atoms with Gasteiger partial charge in [0.05, 0.1) is 18.4 Å². The van der Waals surface area contributed by atoms with Gasteiger partial charge in [-0.3, -0.25) is 4.98 Å². The first-order chi connectivity index (χ1) is 9.70. The number of nitrogens with zero attached hydrogens (tertiary/aromatic N) is 1. The molecule has 1 N–H and O–H groups in total. The van der Waals surface area contributed by atoms with Crippen LogP contribution in [0.4, 0.5) is 0 Å². The van der Waals surface area contributed by atoms with Crippen LogP contribution in [0.1, 0.15) is 55.1 Å². The zero-order chi connectivity index (χ0) is 14.4. The molecule has 1 aromatic rings. The lowest BCUT2D eigenvalue weighted by molar-refractivity contribution is 0.0600. The summed E-state index contributed by atoms with van der Waals surface area (Å²) < 4.78 is 4.66. The second-order valence-corrected chi connectivity index (χ2v) is 5.63. The maximum atomic E-state index is 11.3. The van der Waals surface area contributed by atoms with Crippen molar-refractivity contribution in [2.75, 3.05) is 7.11 Å². The van der Waals surface area contributed by atoms with Gasteiger partial charge in [0, 0.05) is 18.8 Å². The number of methoxy groups -OCH3 is 1. The Bertz CT molecular complexity index is 431. The number of esters is 1. The number of rotatable bonds is 4. The predicted molar refractivity (Wildman–Crippen MR) is 78.5 cm³/mol.